The van der Waals surface area contributed by atoms with Gasteiger partial charge >= 0.3 is 0 Å². The van der Waals surface area contributed by atoms with E-state index in [4.69, 9.17) is 20.8 Å². The lowest BCUT2D eigenvalue weighted by Gasteiger charge is -2.38. The first kappa shape index (κ1) is 19.3. The lowest BCUT2D eigenvalue weighted by Crippen LogP contribution is -2.48. The van der Waals surface area contributed by atoms with Crippen LogP contribution < -0.4 is 0 Å². The van der Waals surface area contributed by atoms with Crippen LogP contribution in [0.25, 0.3) is 0 Å². The lowest BCUT2D eigenvalue weighted by atomic mass is 9.75. The highest BCUT2D eigenvalue weighted by molar-refractivity contribution is 6.43. The van der Waals surface area contributed by atoms with Crippen LogP contribution in [0.15, 0.2) is 27.4 Å². The zero-order chi connectivity index (χ0) is 19.2. The molecule has 1 fully saturated rings. The molecule has 0 spiro atoms. The molecule has 0 amide bonds. The Hall–Kier alpha value is -1.43. The van der Waals surface area contributed by atoms with Crippen molar-refractivity contribution in [3.63, 3.8) is 0 Å². The van der Waals surface area contributed by atoms with E-state index in [1.807, 2.05) is 13.8 Å². The molecule has 0 aromatic carbocycles. The predicted molar refractivity (Wildman–Crippen MR) is 97.1 cm³/mol. The fraction of sp³-hybridized carbons (Fsp3) is 0.600. The van der Waals surface area contributed by atoms with Gasteiger partial charge in [0, 0.05) is 12.3 Å². The van der Waals surface area contributed by atoms with Gasteiger partial charge in [-0.15, -0.1) is 0 Å². The molecule has 1 aliphatic heterocycles. The molecular weight excluding hydrogens is 356 g/mol. The first-order valence-electron chi connectivity index (χ1n) is 8.99. The smallest absolute Gasteiger partial charge is 0.203 e. The summed E-state index contributed by atoms with van der Waals surface area (Å²) >= 11 is 6.16. The number of aryl methyl sites for hydroxylation is 1. The zero-order valence-corrected chi connectivity index (χ0v) is 16.3. The minimum atomic E-state index is -1.05. The summed E-state index contributed by atoms with van der Waals surface area (Å²) in [6.07, 6.45) is 1.80. The summed E-state index contributed by atoms with van der Waals surface area (Å²) in [7, 11) is 0. The second kappa shape index (κ2) is 6.95. The van der Waals surface area contributed by atoms with Gasteiger partial charge in [0.2, 0.25) is 5.78 Å². The van der Waals surface area contributed by atoms with E-state index in [2.05, 4.69) is 0 Å². The zero-order valence-electron chi connectivity index (χ0n) is 15.5. The standard InChI is InChI=1S/C20H25ClO5/c1-10-7-15(25-9-10)18(23)12(3)14-8-16(22)20(4,26-14)13-6-5-11(2)17(21)19(13)24/h7,9,12-14,16,22H,5-6,8H2,1-4H3/t12-,13-,14-,16-,20+/m0/s1. The van der Waals surface area contributed by atoms with Crippen LogP contribution >= 0.6 is 11.6 Å². The number of ketones is 2. The van der Waals surface area contributed by atoms with Crippen molar-refractivity contribution in [3.8, 4) is 0 Å². The van der Waals surface area contributed by atoms with Gasteiger partial charge in [0.15, 0.2) is 11.5 Å². The Bertz CT molecular complexity index is 764. The van der Waals surface area contributed by atoms with E-state index in [0.717, 1.165) is 11.1 Å². The number of aliphatic hydroxyl groups is 1. The van der Waals surface area contributed by atoms with Crippen molar-refractivity contribution in [2.24, 2.45) is 11.8 Å². The number of carbonyl (C=O) groups is 2. The van der Waals surface area contributed by atoms with Gasteiger partial charge in [0.1, 0.15) is 5.60 Å². The number of furan rings is 1. The number of hydrogen-bond acceptors (Lipinski definition) is 5. The number of carbonyl (C=O) groups excluding carboxylic acids is 2. The minimum Gasteiger partial charge on any atom is -0.461 e. The molecule has 1 N–H and O–H groups in total. The van der Waals surface area contributed by atoms with Crippen LogP contribution in [-0.2, 0) is 9.53 Å². The second-order valence-electron chi connectivity index (χ2n) is 7.78. The maximum Gasteiger partial charge on any atom is 0.203 e. The Kier molecular flexibility index (Phi) is 5.17. The molecule has 1 saturated heterocycles. The van der Waals surface area contributed by atoms with Crippen molar-refractivity contribution in [1.29, 1.82) is 0 Å². The summed E-state index contributed by atoms with van der Waals surface area (Å²) in [6, 6.07) is 1.70. The molecule has 1 aromatic rings. The Morgan fingerprint density at radius 3 is 2.73 bits per heavy atom. The third-order valence-corrected chi connectivity index (χ3v) is 6.38. The van der Waals surface area contributed by atoms with Gasteiger partial charge < -0.3 is 14.3 Å². The van der Waals surface area contributed by atoms with E-state index in [0.29, 0.717) is 19.3 Å². The van der Waals surface area contributed by atoms with Crippen LogP contribution in [0.5, 0.6) is 0 Å². The quantitative estimate of drug-likeness (QED) is 0.804. The lowest BCUT2D eigenvalue weighted by molar-refractivity contribution is -0.144. The molecule has 142 valence electrons. The van der Waals surface area contributed by atoms with E-state index in [9.17, 15) is 14.7 Å². The van der Waals surface area contributed by atoms with Crippen LogP contribution in [0.2, 0.25) is 0 Å². The van der Waals surface area contributed by atoms with Gasteiger partial charge in [0.25, 0.3) is 0 Å². The van der Waals surface area contributed by atoms with E-state index in [1.54, 1.807) is 19.9 Å². The molecule has 0 unspecified atom stereocenters. The van der Waals surface area contributed by atoms with Crippen LogP contribution in [0, 0.1) is 18.8 Å². The van der Waals surface area contributed by atoms with Crippen molar-refractivity contribution in [2.45, 2.75) is 64.8 Å². The number of Topliss-reactive ketones (excluding diaryl/α,β-unsaturated/α-hetero) is 2. The number of hydrogen-bond donors (Lipinski definition) is 1. The number of rotatable bonds is 4. The molecule has 0 radical (unpaired) electrons. The first-order valence-corrected chi connectivity index (χ1v) is 9.37. The molecule has 0 bridgehead atoms. The number of allylic oxidation sites excluding steroid dienone is 2. The molecule has 5 nitrogen and oxygen atoms in total. The van der Waals surface area contributed by atoms with Crippen LogP contribution in [0.3, 0.4) is 0 Å². The van der Waals surface area contributed by atoms with E-state index < -0.39 is 29.6 Å². The maximum absolute atomic E-state index is 12.6. The average Bonchev–Trinajstić information content (AvgIpc) is 3.16. The molecule has 0 saturated carbocycles. The van der Waals surface area contributed by atoms with Gasteiger partial charge in [-0.05, 0) is 45.2 Å². The van der Waals surface area contributed by atoms with Crippen molar-refractivity contribution in [2.75, 3.05) is 0 Å². The molecule has 1 aliphatic carbocycles. The van der Waals surface area contributed by atoms with Crippen molar-refractivity contribution in [3.05, 3.63) is 34.3 Å². The Balaban J connectivity index is 1.78. The SMILES string of the molecule is CC1=C(Cl)C(=O)[C@@H]([C@@]2(C)O[C@H]([C@H](C)C(=O)c3cc(C)co3)C[C@@H]2O)CC1. The van der Waals surface area contributed by atoms with Gasteiger partial charge in [-0.3, -0.25) is 9.59 Å². The molecule has 6 heteroatoms. The van der Waals surface area contributed by atoms with Crippen molar-refractivity contribution < 1.29 is 23.8 Å². The third-order valence-electron chi connectivity index (χ3n) is 5.87. The third kappa shape index (κ3) is 3.17. The summed E-state index contributed by atoms with van der Waals surface area (Å²) in [6.45, 7) is 7.22. The Labute approximate surface area is 158 Å². The first-order chi connectivity index (χ1) is 12.1. The highest BCUT2D eigenvalue weighted by Gasteiger charge is 2.54. The fourth-order valence-corrected chi connectivity index (χ4v) is 4.22. The molecule has 2 aliphatic rings. The van der Waals surface area contributed by atoms with Gasteiger partial charge in [-0.2, -0.15) is 0 Å². The Morgan fingerprint density at radius 2 is 2.12 bits per heavy atom. The molecule has 26 heavy (non-hydrogen) atoms. The van der Waals surface area contributed by atoms with Gasteiger partial charge in [-0.25, -0.2) is 0 Å². The van der Waals surface area contributed by atoms with Crippen molar-refractivity contribution >= 4 is 23.2 Å². The summed E-state index contributed by atoms with van der Waals surface area (Å²) in [5.41, 5.74) is 0.704. The highest BCUT2D eigenvalue weighted by atomic mass is 35.5. The summed E-state index contributed by atoms with van der Waals surface area (Å²) in [5.74, 6) is -1.05. The molecular formula is C20H25ClO5. The minimum absolute atomic E-state index is 0.164. The number of ether oxygens (including phenoxy) is 1. The number of halogens is 1. The van der Waals surface area contributed by atoms with E-state index >= 15 is 0 Å². The predicted octanol–water partition coefficient (Wildman–Crippen LogP) is 3.81. The Morgan fingerprint density at radius 1 is 1.42 bits per heavy atom. The number of aliphatic hydroxyl groups excluding tert-OH is 1. The maximum atomic E-state index is 12.6. The molecule has 2 heterocycles. The largest absolute Gasteiger partial charge is 0.461 e. The van der Waals surface area contributed by atoms with Gasteiger partial charge in [0.05, 0.1) is 29.4 Å². The summed E-state index contributed by atoms with van der Waals surface area (Å²) in [4.78, 5) is 25.3. The monoisotopic (exact) mass is 380 g/mol. The van der Waals surface area contributed by atoms with E-state index in [-0.39, 0.29) is 22.4 Å². The highest BCUT2D eigenvalue weighted by Crippen LogP contribution is 2.45. The molecule has 3 rings (SSSR count). The summed E-state index contributed by atoms with van der Waals surface area (Å²) in [5, 5.41) is 10.9. The molecule has 1 aromatic heterocycles. The fourth-order valence-electron chi connectivity index (χ4n) is 3.99. The van der Waals surface area contributed by atoms with Gasteiger partial charge in [-0.1, -0.05) is 24.1 Å². The molecule has 5 atom stereocenters. The topological polar surface area (TPSA) is 76.7 Å². The van der Waals surface area contributed by atoms with Crippen LogP contribution in [0.1, 0.15) is 56.2 Å². The van der Waals surface area contributed by atoms with Crippen LogP contribution in [0.4, 0.5) is 0 Å². The van der Waals surface area contributed by atoms with E-state index in [1.165, 1.54) is 6.26 Å². The van der Waals surface area contributed by atoms with Crippen molar-refractivity contribution in [1.82, 2.24) is 0 Å². The average molecular weight is 381 g/mol. The summed E-state index contributed by atoms with van der Waals surface area (Å²) < 4.78 is 11.5. The second-order valence-corrected chi connectivity index (χ2v) is 8.16. The van der Waals surface area contributed by atoms with Crippen LogP contribution in [-0.4, -0.2) is 34.5 Å². The normalized spacial score (nSPS) is 33.6.